The van der Waals surface area contributed by atoms with Crippen molar-refractivity contribution < 1.29 is 0 Å². The first kappa shape index (κ1) is 17.7. The molecule has 8 heteroatoms. The number of aromatic nitrogens is 5. The van der Waals surface area contributed by atoms with Gasteiger partial charge in [0.05, 0.1) is 5.69 Å². The van der Waals surface area contributed by atoms with Crippen LogP contribution in [0.4, 0.5) is 0 Å². The molecule has 0 radical (unpaired) electrons. The Kier molecular flexibility index (Phi) is 4.91. The van der Waals surface area contributed by atoms with Crippen LogP contribution in [0.1, 0.15) is 11.3 Å². The van der Waals surface area contributed by atoms with Gasteiger partial charge in [-0.25, -0.2) is 4.98 Å². The van der Waals surface area contributed by atoms with Gasteiger partial charge in [-0.2, -0.15) is 0 Å². The highest BCUT2D eigenvalue weighted by molar-refractivity contribution is 7.98. The van der Waals surface area contributed by atoms with E-state index in [0.717, 1.165) is 22.2 Å². The SMILES string of the molecule is C=CCn1c(SCc2cc(=O)n3ccsc3n2)nnc1-c1ccc(C)cc1. The first-order valence-electron chi connectivity index (χ1n) is 8.35. The van der Waals surface area contributed by atoms with Crippen molar-refractivity contribution in [1.29, 1.82) is 0 Å². The third-order valence-electron chi connectivity index (χ3n) is 4.04. The number of thioether (sulfide) groups is 1. The van der Waals surface area contributed by atoms with E-state index in [0.29, 0.717) is 17.3 Å². The second-order valence-corrected chi connectivity index (χ2v) is 7.82. The van der Waals surface area contributed by atoms with Gasteiger partial charge in [0, 0.05) is 35.5 Å². The van der Waals surface area contributed by atoms with Gasteiger partial charge in [0.1, 0.15) is 0 Å². The summed E-state index contributed by atoms with van der Waals surface area (Å²) in [6, 6.07) is 9.77. The first-order valence-corrected chi connectivity index (χ1v) is 10.2. The largest absolute Gasteiger partial charge is 0.298 e. The maximum Gasteiger partial charge on any atom is 0.258 e. The Morgan fingerprint density at radius 1 is 1.26 bits per heavy atom. The van der Waals surface area contributed by atoms with Crippen molar-refractivity contribution in [3.05, 3.63) is 76.2 Å². The predicted octanol–water partition coefficient (Wildman–Crippen LogP) is 3.80. The van der Waals surface area contributed by atoms with Crippen LogP contribution in [-0.4, -0.2) is 24.1 Å². The van der Waals surface area contributed by atoms with Gasteiger partial charge in [-0.05, 0) is 6.92 Å². The summed E-state index contributed by atoms with van der Waals surface area (Å²) in [7, 11) is 0. The first-order chi connectivity index (χ1) is 13.2. The molecular formula is C19H17N5OS2. The second-order valence-electron chi connectivity index (χ2n) is 6.00. The number of rotatable bonds is 6. The summed E-state index contributed by atoms with van der Waals surface area (Å²) in [5, 5.41) is 11.3. The Morgan fingerprint density at radius 3 is 2.85 bits per heavy atom. The van der Waals surface area contributed by atoms with Crippen LogP contribution in [0.2, 0.25) is 0 Å². The number of aryl methyl sites for hydroxylation is 1. The van der Waals surface area contributed by atoms with Crippen LogP contribution in [0.5, 0.6) is 0 Å². The summed E-state index contributed by atoms with van der Waals surface area (Å²) in [5.74, 6) is 1.35. The van der Waals surface area contributed by atoms with E-state index in [2.05, 4.69) is 40.8 Å². The molecule has 0 bridgehead atoms. The molecule has 3 aromatic heterocycles. The van der Waals surface area contributed by atoms with Crippen molar-refractivity contribution in [2.24, 2.45) is 0 Å². The lowest BCUT2D eigenvalue weighted by Crippen LogP contribution is -2.12. The van der Waals surface area contributed by atoms with E-state index in [1.54, 1.807) is 16.7 Å². The fraction of sp³-hybridized carbons (Fsp3) is 0.158. The summed E-state index contributed by atoms with van der Waals surface area (Å²) >= 11 is 2.96. The predicted molar refractivity (Wildman–Crippen MR) is 109 cm³/mol. The Labute approximate surface area is 164 Å². The summed E-state index contributed by atoms with van der Waals surface area (Å²) in [6.07, 6.45) is 3.56. The van der Waals surface area contributed by atoms with E-state index < -0.39 is 0 Å². The normalized spacial score (nSPS) is 11.1. The molecule has 0 saturated carbocycles. The van der Waals surface area contributed by atoms with Gasteiger partial charge in [-0.3, -0.25) is 13.8 Å². The fourth-order valence-corrected chi connectivity index (χ4v) is 4.28. The summed E-state index contributed by atoms with van der Waals surface area (Å²) in [5.41, 5.74) is 2.88. The van der Waals surface area contributed by atoms with Gasteiger partial charge in [0.25, 0.3) is 5.56 Å². The van der Waals surface area contributed by atoms with E-state index in [9.17, 15) is 4.79 Å². The van der Waals surface area contributed by atoms with Crippen LogP contribution >= 0.6 is 23.1 Å². The van der Waals surface area contributed by atoms with Crippen LogP contribution in [0.3, 0.4) is 0 Å². The molecule has 0 aliphatic carbocycles. The van der Waals surface area contributed by atoms with Gasteiger partial charge in [-0.15, -0.1) is 28.1 Å². The van der Waals surface area contributed by atoms with E-state index >= 15 is 0 Å². The quantitative estimate of drug-likeness (QED) is 0.367. The van der Waals surface area contributed by atoms with E-state index in [4.69, 9.17) is 0 Å². The molecule has 3 heterocycles. The number of nitrogens with zero attached hydrogens (tertiary/aromatic N) is 5. The van der Waals surface area contributed by atoms with E-state index in [1.807, 2.05) is 28.2 Å². The Hall–Kier alpha value is -2.71. The third-order valence-corrected chi connectivity index (χ3v) is 5.80. The smallest absolute Gasteiger partial charge is 0.258 e. The maximum absolute atomic E-state index is 12.1. The molecular weight excluding hydrogens is 378 g/mol. The molecule has 0 atom stereocenters. The fourth-order valence-electron chi connectivity index (χ4n) is 2.71. The van der Waals surface area contributed by atoms with Gasteiger partial charge in [0.2, 0.25) is 0 Å². The number of fused-ring (bicyclic) bond motifs is 1. The minimum absolute atomic E-state index is 0.0650. The van der Waals surface area contributed by atoms with Gasteiger partial charge in [-0.1, -0.05) is 47.7 Å². The number of hydrogen-bond acceptors (Lipinski definition) is 6. The number of benzene rings is 1. The molecule has 1 aromatic carbocycles. The molecule has 0 amide bonds. The zero-order valence-electron chi connectivity index (χ0n) is 14.7. The van der Waals surface area contributed by atoms with E-state index in [-0.39, 0.29) is 5.56 Å². The molecule has 0 unspecified atom stereocenters. The van der Waals surface area contributed by atoms with Crippen molar-refractivity contribution >= 4 is 28.1 Å². The minimum atomic E-state index is -0.0650. The lowest BCUT2D eigenvalue weighted by molar-refractivity contribution is 0.731. The topological polar surface area (TPSA) is 65.1 Å². The van der Waals surface area contributed by atoms with Gasteiger partial charge >= 0.3 is 0 Å². The molecule has 27 heavy (non-hydrogen) atoms. The zero-order chi connectivity index (χ0) is 18.8. The van der Waals surface area contributed by atoms with E-state index in [1.165, 1.54) is 28.7 Å². The lowest BCUT2D eigenvalue weighted by Gasteiger charge is -2.08. The molecule has 6 nitrogen and oxygen atoms in total. The number of thiazole rings is 1. The molecule has 0 spiro atoms. The molecule has 0 aliphatic rings. The summed E-state index contributed by atoms with van der Waals surface area (Å²) in [6.45, 7) is 6.51. The summed E-state index contributed by atoms with van der Waals surface area (Å²) in [4.78, 5) is 17.4. The molecule has 0 N–H and O–H groups in total. The third kappa shape index (κ3) is 3.58. The molecule has 4 rings (SSSR count). The van der Waals surface area contributed by atoms with Crippen LogP contribution < -0.4 is 5.56 Å². The van der Waals surface area contributed by atoms with Crippen LogP contribution in [0, 0.1) is 6.92 Å². The number of hydrogen-bond donors (Lipinski definition) is 0. The monoisotopic (exact) mass is 395 g/mol. The standard InChI is InChI=1S/C19H17N5OS2/c1-3-8-24-17(14-6-4-13(2)5-7-14)21-22-19(24)27-12-15-11-16(25)23-9-10-26-18(23)20-15/h3-7,9-11H,1,8,12H2,2H3. The second kappa shape index (κ2) is 7.50. The number of allylic oxidation sites excluding steroid dienone is 1. The molecule has 0 saturated heterocycles. The van der Waals surface area contributed by atoms with Crippen LogP contribution in [0.25, 0.3) is 16.3 Å². The maximum atomic E-state index is 12.1. The van der Waals surface area contributed by atoms with Crippen molar-refractivity contribution in [3.8, 4) is 11.4 Å². The van der Waals surface area contributed by atoms with Crippen molar-refractivity contribution in [3.63, 3.8) is 0 Å². The Bertz CT molecular complexity index is 1160. The van der Waals surface area contributed by atoms with Crippen LogP contribution in [0.15, 0.2) is 64.5 Å². The molecule has 4 aromatic rings. The average Bonchev–Trinajstić information content (AvgIpc) is 3.29. The van der Waals surface area contributed by atoms with Crippen molar-refractivity contribution in [1.82, 2.24) is 24.1 Å². The van der Waals surface area contributed by atoms with Crippen molar-refractivity contribution in [2.75, 3.05) is 0 Å². The highest BCUT2D eigenvalue weighted by Crippen LogP contribution is 2.26. The summed E-state index contributed by atoms with van der Waals surface area (Å²) < 4.78 is 3.58. The molecule has 0 fully saturated rings. The Morgan fingerprint density at radius 2 is 2.07 bits per heavy atom. The average molecular weight is 396 g/mol. The Balaban J connectivity index is 1.62. The van der Waals surface area contributed by atoms with Crippen LogP contribution in [-0.2, 0) is 12.3 Å². The minimum Gasteiger partial charge on any atom is -0.298 e. The lowest BCUT2D eigenvalue weighted by atomic mass is 10.1. The zero-order valence-corrected chi connectivity index (χ0v) is 16.3. The molecule has 0 aliphatic heterocycles. The van der Waals surface area contributed by atoms with Gasteiger partial charge in [0.15, 0.2) is 15.9 Å². The highest BCUT2D eigenvalue weighted by atomic mass is 32.2. The highest BCUT2D eigenvalue weighted by Gasteiger charge is 2.14. The molecule has 136 valence electrons. The van der Waals surface area contributed by atoms with Gasteiger partial charge < -0.3 is 0 Å². The van der Waals surface area contributed by atoms with Crippen molar-refractivity contribution in [2.45, 2.75) is 24.4 Å².